The fourth-order valence-electron chi connectivity index (χ4n) is 1.43. The van der Waals surface area contributed by atoms with E-state index in [2.05, 4.69) is 0 Å². The smallest absolute Gasteiger partial charge is 0.253 e. The zero-order valence-electron chi connectivity index (χ0n) is 9.58. The van der Waals surface area contributed by atoms with Crippen LogP contribution in [-0.2, 0) is 6.54 Å². The highest BCUT2D eigenvalue weighted by molar-refractivity contribution is 5.43. The first-order valence-electron chi connectivity index (χ1n) is 4.95. The van der Waals surface area contributed by atoms with Gasteiger partial charge in [-0.2, -0.15) is 15.8 Å². The number of pyridine rings is 1. The second-order valence-electron chi connectivity index (χ2n) is 3.48. The van der Waals surface area contributed by atoms with Gasteiger partial charge in [-0.1, -0.05) is 0 Å². The lowest BCUT2D eigenvalue weighted by molar-refractivity contribution is 0.385. The van der Waals surface area contributed by atoms with Crippen molar-refractivity contribution < 1.29 is 5.11 Å². The van der Waals surface area contributed by atoms with Gasteiger partial charge >= 0.3 is 0 Å². The lowest BCUT2D eigenvalue weighted by atomic mass is 10.1. The van der Waals surface area contributed by atoms with Gasteiger partial charge < -0.3 is 5.11 Å². The Morgan fingerprint density at radius 1 is 1.39 bits per heavy atom. The predicted molar refractivity (Wildman–Crippen MR) is 59.8 cm³/mol. The molecular weight excluding hydrogens is 234 g/mol. The fourth-order valence-corrected chi connectivity index (χ4v) is 1.43. The maximum atomic E-state index is 11.6. The molecule has 0 atom stereocenters. The van der Waals surface area contributed by atoms with Gasteiger partial charge in [0, 0.05) is 12.6 Å². The summed E-state index contributed by atoms with van der Waals surface area (Å²) in [6.07, 6.45) is 3.22. The molecule has 0 saturated carbocycles. The molecule has 1 aromatic rings. The Hall–Kier alpha value is -2.98. The van der Waals surface area contributed by atoms with Gasteiger partial charge in [-0.25, -0.2) is 4.90 Å². The van der Waals surface area contributed by atoms with E-state index in [1.807, 2.05) is 0 Å². The van der Waals surface area contributed by atoms with E-state index >= 15 is 0 Å². The first kappa shape index (κ1) is 13.1. The second kappa shape index (κ2) is 5.38. The van der Waals surface area contributed by atoms with E-state index in [-0.39, 0.29) is 18.7 Å². The summed E-state index contributed by atoms with van der Waals surface area (Å²) in [6, 6.07) is 3.02. The van der Waals surface area contributed by atoms with E-state index in [4.69, 9.17) is 15.8 Å². The van der Waals surface area contributed by atoms with Crippen LogP contribution in [0.2, 0.25) is 0 Å². The van der Waals surface area contributed by atoms with Crippen LogP contribution < -0.4 is 5.56 Å². The highest BCUT2D eigenvalue weighted by atomic mass is 16.3. The molecule has 0 fully saturated rings. The number of nitrogens with zero attached hydrogens (tertiary/aromatic N) is 5. The molecule has 0 aliphatic heterocycles. The molecule has 1 N–H and O–H groups in total. The predicted octanol–water partition coefficient (Wildman–Crippen LogP) is -0.00184. The molecule has 1 heterocycles. The van der Waals surface area contributed by atoms with E-state index in [0.717, 1.165) is 9.47 Å². The Balaban J connectivity index is 3.13. The second-order valence-corrected chi connectivity index (χ2v) is 3.48. The lowest BCUT2D eigenvalue weighted by Crippen LogP contribution is -2.26. The van der Waals surface area contributed by atoms with E-state index < -0.39 is 11.4 Å². The molecule has 0 aliphatic rings. The van der Waals surface area contributed by atoms with Crippen molar-refractivity contribution in [3.63, 3.8) is 0 Å². The van der Waals surface area contributed by atoms with Crippen molar-refractivity contribution in [3.8, 4) is 24.3 Å². The fraction of sp³-hybridized carbons (Fsp3) is 0.273. The van der Waals surface area contributed by atoms with Gasteiger partial charge in [-0.05, 0) is 12.5 Å². The first-order valence-corrected chi connectivity index (χ1v) is 4.95. The van der Waals surface area contributed by atoms with Gasteiger partial charge in [0.05, 0.1) is 6.54 Å². The van der Waals surface area contributed by atoms with Crippen LogP contribution >= 0.6 is 0 Å². The summed E-state index contributed by atoms with van der Waals surface area (Å²) in [6.45, 7) is 1.44. The van der Waals surface area contributed by atoms with Crippen LogP contribution in [0, 0.1) is 41.2 Å². The molecule has 0 amide bonds. The molecule has 0 aliphatic carbocycles. The standard InChI is InChI=1S/C11H9N5O2/c1-8-4-10(17)16(11(18)9(8)5-12)3-2-15(6-13)7-14/h4,18H,2-3H2,1H3. The van der Waals surface area contributed by atoms with Crippen molar-refractivity contribution in [1.82, 2.24) is 9.47 Å². The highest BCUT2D eigenvalue weighted by Crippen LogP contribution is 2.17. The van der Waals surface area contributed by atoms with Gasteiger partial charge in [0.25, 0.3) is 5.56 Å². The summed E-state index contributed by atoms with van der Waals surface area (Å²) in [5, 5.41) is 35.7. The van der Waals surface area contributed by atoms with Crippen LogP contribution in [0.1, 0.15) is 11.1 Å². The van der Waals surface area contributed by atoms with E-state index in [1.54, 1.807) is 25.4 Å². The topological polar surface area (TPSA) is 117 Å². The van der Waals surface area contributed by atoms with E-state index in [0.29, 0.717) is 5.56 Å². The number of rotatable bonds is 3. The summed E-state index contributed by atoms with van der Waals surface area (Å²) in [4.78, 5) is 12.4. The van der Waals surface area contributed by atoms with Gasteiger partial charge in [0.2, 0.25) is 5.88 Å². The SMILES string of the molecule is Cc1cc(=O)n(CCN(C#N)C#N)c(O)c1C#N. The Bertz CT molecular complexity index is 628. The third-order valence-corrected chi connectivity index (χ3v) is 2.38. The molecule has 90 valence electrons. The zero-order valence-corrected chi connectivity index (χ0v) is 9.58. The molecule has 0 aromatic carbocycles. The molecule has 0 bridgehead atoms. The molecule has 7 nitrogen and oxygen atoms in total. The number of aryl methyl sites for hydroxylation is 1. The number of hydrogen-bond acceptors (Lipinski definition) is 6. The van der Waals surface area contributed by atoms with Crippen LogP contribution in [-0.4, -0.2) is 21.1 Å². The highest BCUT2D eigenvalue weighted by Gasteiger charge is 2.13. The monoisotopic (exact) mass is 243 g/mol. The van der Waals surface area contributed by atoms with Crippen molar-refractivity contribution >= 4 is 0 Å². The molecule has 7 heteroatoms. The van der Waals surface area contributed by atoms with Gasteiger partial charge in [0.15, 0.2) is 12.4 Å². The lowest BCUT2D eigenvalue weighted by Gasteiger charge is -2.11. The van der Waals surface area contributed by atoms with Crippen molar-refractivity contribution in [3.05, 3.63) is 27.5 Å². The van der Waals surface area contributed by atoms with Crippen LogP contribution in [0.25, 0.3) is 0 Å². The minimum atomic E-state index is -0.486. The molecule has 0 saturated heterocycles. The van der Waals surface area contributed by atoms with Crippen molar-refractivity contribution in [2.45, 2.75) is 13.5 Å². The molecule has 18 heavy (non-hydrogen) atoms. The molecule has 1 rings (SSSR count). The number of nitriles is 3. The largest absolute Gasteiger partial charge is 0.493 e. The Morgan fingerprint density at radius 3 is 2.50 bits per heavy atom. The normalized spacial score (nSPS) is 9.00. The molecule has 1 aromatic heterocycles. The quantitative estimate of drug-likeness (QED) is 0.589. The minimum Gasteiger partial charge on any atom is -0.493 e. The summed E-state index contributed by atoms with van der Waals surface area (Å²) in [7, 11) is 0. The van der Waals surface area contributed by atoms with E-state index in [9.17, 15) is 9.90 Å². The third kappa shape index (κ3) is 2.40. The van der Waals surface area contributed by atoms with Crippen LogP contribution in [0.15, 0.2) is 10.9 Å². The Labute approximate surface area is 103 Å². The summed E-state index contributed by atoms with van der Waals surface area (Å²) < 4.78 is 0.952. The number of hydrogen-bond donors (Lipinski definition) is 1. The summed E-state index contributed by atoms with van der Waals surface area (Å²) in [5.41, 5.74) is -0.0939. The maximum absolute atomic E-state index is 11.6. The first-order chi connectivity index (χ1) is 8.54. The maximum Gasteiger partial charge on any atom is 0.253 e. The average molecular weight is 243 g/mol. The average Bonchev–Trinajstić information content (AvgIpc) is 2.34. The molecule has 0 spiro atoms. The van der Waals surface area contributed by atoms with Gasteiger partial charge in [-0.3, -0.25) is 9.36 Å². The van der Waals surface area contributed by atoms with Crippen molar-refractivity contribution in [1.29, 1.82) is 15.8 Å². The van der Waals surface area contributed by atoms with E-state index in [1.165, 1.54) is 6.07 Å². The van der Waals surface area contributed by atoms with Crippen molar-refractivity contribution in [2.24, 2.45) is 0 Å². The molecule has 0 unspecified atom stereocenters. The van der Waals surface area contributed by atoms with Crippen LogP contribution in [0.5, 0.6) is 5.88 Å². The molecule has 0 radical (unpaired) electrons. The van der Waals surface area contributed by atoms with Crippen LogP contribution in [0.3, 0.4) is 0 Å². The molecular formula is C11H9N5O2. The Morgan fingerprint density at radius 2 is 2.00 bits per heavy atom. The van der Waals surface area contributed by atoms with Crippen molar-refractivity contribution in [2.75, 3.05) is 6.54 Å². The van der Waals surface area contributed by atoms with Gasteiger partial charge in [-0.15, -0.1) is 0 Å². The zero-order chi connectivity index (χ0) is 13.7. The summed E-state index contributed by atoms with van der Waals surface area (Å²) >= 11 is 0. The number of aromatic nitrogens is 1. The van der Waals surface area contributed by atoms with Gasteiger partial charge in [0.1, 0.15) is 11.6 Å². The number of aromatic hydroxyl groups is 1. The minimum absolute atomic E-state index is 0.00932. The third-order valence-electron chi connectivity index (χ3n) is 2.38. The van der Waals surface area contributed by atoms with Crippen LogP contribution in [0.4, 0.5) is 0 Å². The Kier molecular flexibility index (Phi) is 3.91. The summed E-state index contributed by atoms with van der Waals surface area (Å²) in [5.74, 6) is -0.446.